The molecule has 0 aliphatic heterocycles. The molecule has 1 atom stereocenters. The molecule has 54 valence electrons. The zero-order valence-electron chi connectivity index (χ0n) is 5.07. The number of nitroso groups, excluding NO2 is 1. The standard InChI is InChI=1S/C3H10N3O3/c1-3(7)2-6(8)5-9-4/h3,7H,2,4H2,1H3,(H,5,8)/q+1. The fourth-order valence-electron chi connectivity index (χ4n) is 0.336. The van der Waals surface area contributed by atoms with E-state index in [0.717, 1.165) is 0 Å². The van der Waals surface area contributed by atoms with Crippen molar-refractivity contribution in [1.82, 2.24) is 5.59 Å². The normalized spacial score (nSPS) is 12.8. The Morgan fingerprint density at radius 3 is 2.89 bits per heavy atom. The van der Waals surface area contributed by atoms with Gasteiger partial charge in [-0.25, -0.2) is 0 Å². The molecule has 0 radical (unpaired) electrons. The molecule has 9 heavy (non-hydrogen) atoms. The quantitative estimate of drug-likeness (QED) is 0.322. The number of aliphatic hydroxyl groups excluding tert-OH is 1. The molecule has 0 amide bonds. The van der Waals surface area contributed by atoms with Crippen LogP contribution in [0.2, 0.25) is 0 Å². The maximum absolute atomic E-state index is 10.3. The van der Waals surface area contributed by atoms with E-state index in [4.69, 9.17) is 5.11 Å². The van der Waals surface area contributed by atoms with Gasteiger partial charge in [-0.2, -0.15) is 5.90 Å². The fraction of sp³-hybridized carbons (Fsp3) is 1.00. The van der Waals surface area contributed by atoms with Gasteiger partial charge in [-0.3, -0.25) is 0 Å². The van der Waals surface area contributed by atoms with Crippen molar-refractivity contribution in [3.05, 3.63) is 4.91 Å². The van der Waals surface area contributed by atoms with Crippen LogP contribution in [0.5, 0.6) is 0 Å². The van der Waals surface area contributed by atoms with E-state index in [2.05, 4.69) is 10.8 Å². The van der Waals surface area contributed by atoms with Gasteiger partial charge in [-0.15, -0.1) is 4.94 Å². The number of hydrazine groups is 1. The van der Waals surface area contributed by atoms with E-state index in [1.165, 1.54) is 6.92 Å². The lowest BCUT2D eigenvalue weighted by Crippen LogP contribution is -2.34. The summed E-state index contributed by atoms with van der Waals surface area (Å²) in [4.78, 5) is 14.3. The first-order valence-corrected chi connectivity index (χ1v) is 2.41. The van der Waals surface area contributed by atoms with E-state index in [0.29, 0.717) is 0 Å². The molecule has 1 unspecified atom stereocenters. The molecule has 0 heterocycles. The highest BCUT2D eigenvalue weighted by molar-refractivity contribution is 4.35. The number of nitrogens with two attached hydrogens (primary N) is 1. The van der Waals surface area contributed by atoms with Crippen LogP contribution in [0.1, 0.15) is 6.92 Å². The molecule has 0 saturated heterocycles. The van der Waals surface area contributed by atoms with E-state index in [-0.39, 0.29) is 11.4 Å². The van der Waals surface area contributed by atoms with Crippen LogP contribution in [-0.2, 0) is 4.94 Å². The van der Waals surface area contributed by atoms with Crippen LogP contribution in [0.4, 0.5) is 0 Å². The highest BCUT2D eigenvalue weighted by Crippen LogP contribution is 1.76. The van der Waals surface area contributed by atoms with E-state index in [1.807, 2.05) is 0 Å². The Morgan fingerprint density at radius 1 is 2.00 bits per heavy atom. The van der Waals surface area contributed by atoms with Crippen molar-refractivity contribution in [2.75, 3.05) is 6.54 Å². The Morgan fingerprint density at radius 2 is 2.56 bits per heavy atom. The molecule has 0 bridgehead atoms. The second-order valence-electron chi connectivity index (χ2n) is 1.62. The molecule has 0 fully saturated rings. The summed E-state index contributed by atoms with van der Waals surface area (Å²) in [5, 5.41) is 8.57. The van der Waals surface area contributed by atoms with Crippen molar-refractivity contribution in [2.24, 2.45) is 5.90 Å². The van der Waals surface area contributed by atoms with Gasteiger partial charge < -0.3 is 5.11 Å². The lowest BCUT2D eigenvalue weighted by Gasteiger charge is -1.94. The average Bonchev–Trinajstić information content (AvgIpc) is 1.63. The fourth-order valence-corrected chi connectivity index (χ4v) is 0.336. The van der Waals surface area contributed by atoms with Crippen LogP contribution in [0.3, 0.4) is 0 Å². The van der Waals surface area contributed by atoms with Crippen LogP contribution in [0.15, 0.2) is 0 Å². The van der Waals surface area contributed by atoms with Gasteiger partial charge in [0.2, 0.25) is 0 Å². The Balaban J connectivity index is 3.27. The van der Waals surface area contributed by atoms with Crippen LogP contribution in [0, 0.1) is 4.91 Å². The topological polar surface area (TPSA) is 87.6 Å². The van der Waals surface area contributed by atoms with E-state index >= 15 is 0 Å². The molecule has 0 aromatic heterocycles. The number of rotatable bonds is 4. The van der Waals surface area contributed by atoms with Crippen molar-refractivity contribution in [1.29, 1.82) is 0 Å². The smallest absolute Gasteiger partial charge is 0.253 e. The van der Waals surface area contributed by atoms with Gasteiger partial charge in [0.1, 0.15) is 11.0 Å². The van der Waals surface area contributed by atoms with E-state index in [1.54, 1.807) is 5.59 Å². The molecular weight excluding hydrogens is 126 g/mol. The zero-order chi connectivity index (χ0) is 7.28. The Bertz CT molecular complexity index is 94.3. The van der Waals surface area contributed by atoms with Crippen molar-refractivity contribution in [2.45, 2.75) is 13.0 Å². The summed E-state index contributed by atoms with van der Waals surface area (Å²) in [5.74, 6) is 4.47. The number of hydrogen-bond acceptors (Lipinski definition) is 4. The molecule has 0 aliphatic rings. The first-order valence-electron chi connectivity index (χ1n) is 2.41. The van der Waals surface area contributed by atoms with E-state index in [9.17, 15) is 4.91 Å². The highest BCUT2D eigenvalue weighted by Gasteiger charge is 2.10. The molecule has 0 aromatic rings. The molecular formula is C3H10N3O3+. The second-order valence-corrected chi connectivity index (χ2v) is 1.62. The number of aliphatic hydroxyl groups is 1. The second kappa shape index (κ2) is 4.19. The van der Waals surface area contributed by atoms with Crippen LogP contribution < -0.4 is 11.5 Å². The molecule has 0 aromatic carbocycles. The van der Waals surface area contributed by atoms with Crippen molar-refractivity contribution in [3.63, 3.8) is 0 Å². The summed E-state index contributed by atoms with van der Waals surface area (Å²) in [7, 11) is 0. The monoisotopic (exact) mass is 136 g/mol. The minimum absolute atomic E-state index is 0.0861. The molecule has 0 rings (SSSR count). The summed E-state index contributed by atoms with van der Waals surface area (Å²) in [6.45, 7) is 1.39. The molecule has 0 spiro atoms. The maximum Gasteiger partial charge on any atom is 0.253 e. The number of nitrogens with one attached hydrogen (secondary N) is 1. The van der Waals surface area contributed by atoms with Gasteiger partial charge in [-0.1, -0.05) is 0 Å². The summed E-state index contributed by atoms with van der Waals surface area (Å²) < 4.78 is 0. The van der Waals surface area contributed by atoms with Gasteiger partial charge in [0.05, 0.1) is 4.91 Å². The Kier molecular flexibility index (Phi) is 3.85. The summed E-state index contributed by atoms with van der Waals surface area (Å²) in [5.41, 5.74) is 1.77. The van der Waals surface area contributed by atoms with Crippen LogP contribution in [0.25, 0.3) is 0 Å². The van der Waals surface area contributed by atoms with Crippen molar-refractivity contribution >= 4 is 0 Å². The number of hydrogen-bond donors (Lipinski definition) is 3. The largest absolute Gasteiger partial charge is 0.387 e. The summed E-state index contributed by atoms with van der Waals surface area (Å²) in [6.07, 6.45) is -0.704. The maximum atomic E-state index is 10.3. The third-order valence-corrected chi connectivity index (χ3v) is 0.585. The van der Waals surface area contributed by atoms with Crippen LogP contribution >= 0.6 is 0 Å². The molecule has 4 N–H and O–H groups in total. The molecule has 0 saturated carbocycles. The average molecular weight is 136 g/mol. The lowest BCUT2D eigenvalue weighted by molar-refractivity contribution is -0.665. The predicted octanol–water partition coefficient (Wildman–Crippen LogP) is -1.54. The number of nitrogens with zero attached hydrogens (tertiary/aromatic N) is 1. The SMILES string of the molecule is CC(O)C[N+](=O)NON. The van der Waals surface area contributed by atoms with Gasteiger partial charge in [0, 0.05) is 0 Å². The zero-order valence-corrected chi connectivity index (χ0v) is 5.07. The van der Waals surface area contributed by atoms with E-state index < -0.39 is 6.10 Å². The Labute approximate surface area is 52.0 Å². The lowest BCUT2D eigenvalue weighted by atomic mass is 10.4. The third kappa shape index (κ3) is 5.15. The first-order chi connectivity index (χ1) is 4.16. The van der Waals surface area contributed by atoms with Gasteiger partial charge >= 0.3 is 0 Å². The predicted molar refractivity (Wildman–Crippen MR) is 28.6 cm³/mol. The minimum atomic E-state index is -0.704. The summed E-state index contributed by atoms with van der Waals surface area (Å²) >= 11 is 0. The molecule has 6 nitrogen and oxygen atoms in total. The van der Waals surface area contributed by atoms with Gasteiger partial charge in [-0.05, 0) is 12.5 Å². The van der Waals surface area contributed by atoms with Crippen molar-refractivity contribution < 1.29 is 14.9 Å². The third-order valence-electron chi connectivity index (χ3n) is 0.585. The highest BCUT2D eigenvalue weighted by atomic mass is 16.8. The molecule has 0 aliphatic carbocycles. The van der Waals surface area contributed by atoms with Gasteiger partial charge in [0.25, 0.3) is 6.54 Å². The molecule has 6 heteroatoms. The Hall–Kier alpha value is -0.720. The van der Waals surface area contributed by atoms with Gasteiger partial charge in [0.15, 0.2) is 0 Å². The van der Waals surface area contributed by atoms with Crippen LogP contribution in [-0.4, -0.2) is 22.6 Å². The first kappa shape index (κ1) is 8.28. The minimum Gasteiger partial charge on any atom is -0.387 e. The summed E-state index contributed by atoms with van der Waals surface area (Å²) in [6, 6.07) is 0. The van der Waals surface area contributed by atoms with Crippen molar-refractivity contribution in [3.8, 4) is 0 Å².